The predicted molar refractivity (Wildman–Crippen MR) is 101 cm³/mol. The molecule has 0 saturated heterocycles. The third-order valence-corrected chi connectivity index (χ3v) is 5.25. The SMILES string of the molecule is CSc1ccc(-c2ccc(CN3Cc4ccccc4C3=O)c(F)c2)cn1. The summed E-state index contributed by atoms with van der Waals surface area (Å²) in [5.41, 5.74) is 3.88. The van der Waals surface area contributed by atoms with Gasteiger partial charge in [0.15, 0.2) is 0 Å². The van der Waals surface area contributed by atoms with Crippen LogP contribution in [0.15, 0.2) is 65.8 Å². The number of carbonyl (C=O) groups excluding carboxylic acids is 1. The summed E-state index contributed by atoms with van der Waals surface area (Å²) >= 11 is 1.57. The van der Waals surface area contributed by atoms with Crippen LogP contribution in [0.1, 0.15) is 21.5 Å². The number of rotatable bonds is 4. The quantitative estimate of drug-likeness (QED) is 0.626. The number of nitrogens with zero attached hydrogens (tertiary/aromatic N) is 2. The fraction of sp³-hybridized carbons (Fsp3) is 0.143. The summed E-state index contributed by atoms with van der Waals surface area (Å²) in [6.07, 6.45) is 3.72. The molecule has 2 aromatic carbocycles. The summed E-state index contributed by atoms with van der Waals surface area (Å²) in [5.74, 6) is -0.346. The van der Waals surface area contributed by atoms with E-state index in [-0.39, 0.29) is 18.3 Å². The third kappa shape index (κ3) is 3.10. The number of hydrogen-bond acceptors (Lipinski definition) is 3. The first-order valence-corrected chi connectivity index (χ1v) is 9.54. The topological polar surface area (TPSA) is 33.2 Å². The average Bonchev–Trinajstić information content (AvgIpc) is 2.99. The van der Waals surface area contributed by atoms with E-state index in [1.54, 1.807) is 28.9 Å². The molecule has 4 rings (SSSR count). The van der Waals surface area contributed by atoms with Crippen molar-refractivity contribution < 1.29 is 9.18 Å². The molecule has 1 amide bonds. The normalized spacial score (nSPS) is 13.2. The van der Waals surface area contributed by atoms with Crippen LogP contribution in [-0.2, 0) is 13.1 Å². The second-order valence-corrected chi connectivity index (χ2v) is 7.04. The lowest BCUT2D eigenvalue weighted by atomic mass is 10.0. The van der Waals surface area contributed by atoms with Crippen molar-refractivity contribution >= 4 is 17.7 Å². The molecule has 1 aliphatic rings. The average molecular weight is 364 g/mol. The number of aromatic nitrogens is 1. The Labute approximate surface area is 155 Å². The Morgan fingerprint density at radius 2 is 1.92 bits per heavy atom. The second kappa shape index (κ2) is 6.92. The van der Waals surface area contributed by atoms with E-state index in [4.69, 9.17) is 0 Å². The molecule has 3 aromatic rings. The van der Waals surface area contributed by atoms with E-state index in [1.165, 1.54) is 6.07 Å². The Hall–Kier alpha value is -2.66. The summed E-state index contributed by atoms with van der Waals surface area (Å²) in [7, 11) is 0. The summed E-state index contributed by atoms with van der Waals surface area (Å²) in [5, 5.41) is 0.929. The molecule has 0 fully saturated rings. The van der Waals surface area contributed by atoms with Crippen LogP contribution in [0.2, 0.25) is 0 Å². The smallest absolute Gasteiger partial charge is 0.254 e. The Morgan fingerprint density at radius 1 is 1.12 bits per heavy atom. The number of benzene rings is 2. The van der Waals surface area contributed by atoms with Crippen LogP contribution in [0.25, 0.3) is 11.1 Å². The van der Waals surface area contributed by atoms with Gasteiger partial charge in [0.25, 0.3) is 5.91 Å². The second-order valence-electron chi connectivity index (χ2n) is 6.21. The van der Waals surface area contributed by atoms with E-state index < -0.39 is 0 Å². The van der Waals surface area contributed by atoms with Crippen molar-refractivity contribution in [3.05, 3.63) is 83.3 Å². The van der Waals surface area contributed by atoms with Gasteiger partial charge in [-0.15, -0.1) is 11.8 Å². The van der Waals surface area contributed by atoms with Crippen molar-refractivity contribution in [1.82, 2.24) is 9.88 Å². The predicted octanol–water partition coefficient (Wildman–Crippen LogP) is 4.77. The molecule has 1 aliphatic heterocycles. The van der Waals surface area contributed by atoms with Gasteiger partial charge in [-0.1, -0.05) is 36.4 Å². The molecule has 3 nitrogen and oxygen atoms in total. The van der Waals surface area contributed by atoms with Gasteiger partial charge in [0.05, 0.1) is 5.03 Å². The van der Waals surface area contributed by atoms with Gasteiger partial charge in [0.2, 0.25) is 0 Å². The van der Waals surface area contributed by atoms with E-state index in [0.29, 0.717) is 17.7 Å². The van der Waals surface area contributed by atoms with Crippen molar-refractivity contribution in [1.29, 1.82) is 0 Å². The fourth-order valence-electron chi connectivity index (χ4n) is 3.17. The van der Waals surface area contributed by atoms with E-state index in [2.05, 4.69) is 4.98 Å². The van der Waals surface area contributed by atoms with Crippen molar-refractivity contribution in [2.24, 2.45) is 0 Å². The highest BCUT2D eigenvalue weighted by molar-refractivity contribution is 7.98. The van der Waals surface area contributed by atoms with Gasteiger partial charge in [-0.3, -0.25) is 4.79 Å². The van der Waals surface area contributed by atoms with Crippen molar-refractivity contribution in [2.75, 3.05) is 6.26 Å². The standard InChI is InChI=1S/C21H17FN2OS/c1-26-20-9-8-15(11-23-20)14-6-7-17(19(22)10-14)13-24-12-16-4-2-3-5-18(16)21(24)25/h2-11H,12-13H2,1H3. The number of hydrogen-bond donors (Lipinski definition) is 0. The maximum absolute atomic E-state index is 14.6. The first-order chi connectivity index (χ1) is 12.7. The highest BCUT2D eigenvalue weighted by Crippen LogP contribution is 2.27. The molecule has 130 valence electrons. The van der Waals surface area contributed by atoms with Gasteiger partial charge >= 0.3 is 0 Å². The van der Waals surface area contributed by atoms with Gasteiger partial charge in [-0.25, -0.2) is 9.37 Å². The summed E-state index contributed by atoms with van der Waals surface area (Å²) in [6, 6.07) is 16.5. The van der Waals surface area contributed by atoms with Crippen LogP contribution >= 0.6 is 11.8 Å². The van der Waals surface area contributed by atoms with E-state index in [1.807, 2.05) is 48.7 Å². The van der Waals surface area contributed by atoms with E-state index in [0.717, 1.165) is 21.7 Å². The van der Waals surface area contributed by atoms with Gasteiger partial charge in [-0.05, 0) is 35.6 Å². The zero-order chi connectivity index (χ0) is 18.1. The van der Waals surface area contributed by atoms with E-state index in [9.17, 15) is 9.18 Å². The van der Waals surface area contributed by atoms with Crippen molar-refractivity contribution in [3.8, 4) is 11.1 Å². The number of amides is 1. The van der Waals surface area contributed by atoms with Gasteiger partial charge in [0.1, 0.15) is 5.82 Å². The molecule has 0 N–H and O–H groups in total. The largest absolute Gasteiger partial charge is 0.330 e. The minimum atomic E-state index is -0.305. The number of halogens is 1. The minimum Gasteiger partial charge on any atom is -0.330 e. The van der Waals surface area contributed by atoms with Crippen LogP contribution in [0.5, 0.6) is 0 Å². The molecule has 2 heterocycles. The molecule has 0 radical (unpaired) electrons. The zero-order valence-corrected chi connectivity index (χ0v) is 15.1. The Morgan fingerprint density at radius 3 is 2.62 bits per heavy atom. The molecule has 0 spiro atoms. The zero-order valence-electron chi connectivity index (χ0n) is 14.3. The number of thioether (sulfide) groups is 1. The lowest BCUT2D eigenvalue weighted by Gasteiger charge is -2.16. The highest BCUT2D eigenvalue weighted by Gasteiger charge is 2.27. The molecule has 1 aromatic heterocycles. The molecule has 0 saturated carbocycles. The molecule has 5 heteroatoms. The molecule has 0 atom stereocenters. The molecular formula is C21H17FN2OS. The summed E-state index contributed by atoms with van der Waals surface area (Å²) in [4.78, 5) is 18.5. The van der Waals surface area contributed by atoms with Crippen LogP contribution in [-0.4, -0.2) is 22.0 Å². The number of carbonyl (C=O) groups is 1. The van der Waals surface area contributed by atoms with Crippen molar-refractivity contribution in [2.45, 2.75) is 18.1 Å². The van der Waals surface area contributed by atoms with Gasteiger partial charge in [0, 0.05) is 36.0 Å². The third-order valence-electron chi connectivity index (χ3n) is 4.59. The van der Waals surface area contributed by atoms with Crippen LogP contribution < -0.4 is 0 Å². The lowest BCUT2D eigenvalue weighted by molar-refractivity contribution is 0.0765. The minimum absolute atomic E-state index is 0.0408. The van der Waals surface area contributed by atoms with Crippen LogP contribution in [0.3, 0.4) is 0 Å². The lowest BCUT2D eigenvalue weighted by Crippen LogP contribution is -2.23. The fourth-order valence-corrected chi connectivity index (χ4v) is 3.54. The Balaban J connectivity index is 1.54. The summed E-state index contributed by atoms with van der Waals surface area (Å²) < 4.78 is 14.6. The number of fused-ring (bicyclic) bond motifs is 1. The van der Waals surface area contributed by atoms with E-state index >= 15 is 0 Å². The molecule has 0 unspecified atom stereocenters. The Bertz CT molecular complexity index is 972. The molecular weight excluding hydrogens is 347 g/mol. The monoisotopic (exact) mass is 364 g/mol. The first kappa shape index (κ1) is 16.8. The molecule has 26 heavy (non-hydrogen) atoms. The number of pyridine rings is 1. The van der Waals surface area contributed by atoms with Crippen LogP contribution in [0, 0.1) is 5.82 Å². The summed E-state index contributed by atoms with van der Waals surface area (Å²) in [6.45, 7) is 0.791. The van der Waals surface area contributed by atoms with Gasteiger partial charge < -0.3 is 4.90 Å². The van der Waals surface area contributed by atoms with Crippen LogP contribution in [0.4, 0.5) is 4.39 Å². The molecule has 0 bridgehead atoms. The first-order valence-electron chi connectivity index (χ1n) is 8.32. The van der Waals surface area contributed by atoms with Crippen molar-refractivity contribution in [3.63, 3.8) is 0 Å². The maximum atomic E-state index is 14.6. The highest BCUT2D eigenvalue weighted by atomic mass is 32.2. The molecule has 0 aliphatic carbocycles. The Kier molecular flexibility index (Phi) is 4.47. The van der Waals surface area contributed by atoms with Gasteiger partial charge in [-0.2, -0.15) is 0 Å². The maximum Gasteiger partial charge on any atom is 0.254 e.